The Labute approximate surface area is 373 Å². The number of pyridine rings is 3. The summed E-state index contributed by atoms with van der Waals surface area (Å²) in [6.45, 7) is 24.2. The van der Waals surface area contributed by atoms with E-state index in [1.54, 1.807) is 0 Å². The van der Waals surface area contributed by atoms with Gasteiger partial charge in [0.05, 0.1) is 33.8 Å². The normalized spacial score (nSPS) is 14.3. The Balaban J connectivity index is 1.40. The molecule has 3 aromatic carbocycles. The fraction of sp³-hybridized carbons (Fsp3) is 0.268. The van der Waals surface area contributed by atoms with Crippen LogP contribution in [0.1, 0.15) is 103 Å². The maximum Gasteiger partial charge on any atom is 0.161 e. The molecular formula is C56H59N7. The molecule has 7 heteroatoms. The number of aliphatic imine (C=N–C) groups is 4. The van der Waals surface area contributed by atoms with Gasteiger partial charge in [-0.25, -0.2) is 20.0 Å². The lowest BCUT2D eigenvalue weighted by Crippen LogP contribution is -2.12. The van der Waals surface area contributed by atoms with Crippen LogP contribution < -0.4 is 0 Å². The summed E-state index contributed by atoms with van der Waals surface area (Å²) in [7, 11) is 0. The van der Waals surface area contributed by atoms with Gasteiger partial charge in [-0.2, -0.15) is 0 Å². The highest BCUT2D eigenvalue weighted by Gasteiger charge is 2.20. The van der Waals surface area contributed by atoms with E-state index in [9.17, 15) is 0 Å². The van der Waals surface area contributed by atoms with Crippen molar-refractivity contribution < 1.29 is 0 Å². The van der Waals surface area contributed by atoms with Crippen LogP contribution in [0.15, 0.2) is 159 Å². The van der Waals surface area contributed by atoms with Crippen molar-refractivity contribution in [2.24, 2.45) is 25.4 Å². The van der Waals surface area contributed by atoms with E-state index in [0.29, 0.717) is 18.2 Å². The predicted molar refractivity (Wildman–Crippen MR) is 270 cm³/mol. The molecule has 0 spiro atoms. The number of fused-ring (bicyclic) bond motifs is 4. The van der Waals surface area contributed by atoms with E-state index < -0.39 is 0 Å². The highest BCUT2D eigenvalue weighted by molar-refractivity contribution is 6.13. The fourth-order valence-electron chi connectivity index (χ4n) is 7.91. The average molecular weight is 830 g/mol. The Hall–Kier alpha value is -6.73. The molecule has 63 heavy (non-hydrogen) atoms. The molecule has 0 N–H and O–H groups in total. The SMILES string of the molecule is C=NC(=NC(=NCC/C=C\C(=C/C)C(C)(C)C)c1ccc(C(C)(C)C)cc1)c1cc(-c2ccc3c(n2)C(N=CC)=C(CC)C=CC3)cc(-c2ccc3ccc4cccnc4c3n2)c1. The van der Waals surface area contributed by atoms with E-state index in [1.807, 2.05) is 25.4 Å². The number of aromatic nitrogens is 3. The Morgan fingerprint density at radius 3 is 2.14 bits per heavy atom. The zero-order valence-corrected chi connectivity index (χ0v) is 38.4. The molecule has 3 heterocycles. The summed E-state index contributed by atoms with van der Waals surface area (Å²) in [6.07, 6.45) is 17.0. The zero-order chi connectivity index (χ0) is 44.7. The van der Waals surface area contributed by atoms with Crippen LogP contribution in [0.5, 0.6) is 0 Å². The lowest BCUT2D eigenvalue weighted by Gasteiger charge is -2.19. The number of allylic oxidation sites excluding steroid dienone is 6. The molecule has 3 aromatic heterocycles. The first-order valence-electron chi connectivity index (χ1n) is 22.0. The third-order valence-electron chi connectivity index (χ3n) is 11.4. The van der Waals surface area contributed by atoms with Gasteiger partial charge in [-0.15, -0.1) is 0 Å². The molecule has 0 saturated carbocycles. The lowest BCUT2D eigenvalue weighted by atomic mass is 9.86. The van der Waals surface area contributed by atoms with Crippen molar-refractivity contribution in [1.82, 2.24) is 15.0 Å². The minimum atomic E-state index is 0.00317. The molecule has 0 bridgehead atoms. The summed E-state index contributed by atoms with van der Waals surface area (Å²) in [4.78, 5) is 35.2. The van der Waals surface area contributed by atoms with Crippen molar-refractivity contribution >= 4 is 52.1 Å². The summed E-state index contributed by atoms with van der Waals surface area (Å²) < 4.78 is 0. The van der Waals surface area contributed by atoms with Crippen molar-refractivity contribution in [2.45, 2.75) is 87.0 Å². The summed E-state index contributed by atoms with van der Waals surface area (Å²) in [5.41, 5.74) is 13.5. The molecule has 318 valence electrons. The third-order valence-corrected chi connectivity index (χ3v) is 11.4. The van der Waals surface area contributed by atoms with Crippen LogP contribution in [0.3, 0.4) is 0 Å². The van der Waals surface area contributed by atoms with Crippen molar-refractivity contribution in [3.63, 3.8) is 0 Å². The summed E-state index contributed by atoms with van der Waals surface area (Å²) in [5.74, 6) is 1.05. The van der Waals surface area contributed by atoms with Gasteiger partial charge in [-0.3, -0.25) is 15.0 Å². The predicted octanol–water partition coefficient (Wildman–Crippen LogP) is 14.0. The first kappa shape index (κ1) is 44.3. The van der Waals surface area contributed by atoms with E-state index in [1.165, 1.54) is 11.1 Å². The van der Waals surface area contributed by atoms with Crippen LogP contribution in [0, 0.1) is 5.41 Å². The molecule has 0 saturated heterocycles. The molecule has 1 aliphatic carbocycles. The Morgan fingerprint density at radius 2 is 1.48 bits per heavy atom. The maximum absolute atomic E-state index is 5.36. The highest BCUT2D eigenvalue weighted by Crippen LogP contribution is 2.34. The van der Waals surface area contributed by atoms with Crippen molar-refractivity contribution in [1.29, 1.82) is 0 Å². The molecule has 1 aliphatic rings. The fourth-order valence-corrected chi connectivity index (χ4v) is 7.91. The topological polar surface area (TPSA) is 88.1 Å². The summed E-state index contributed by atoms with van der Waals surface area (Å²) in [6, 6.07) is 31.6. The van der Waals surface area contributed by atoms with Gasteiger partial charge < -0.3 is 0 Å². The molecule has 0 atom stereocenters. The van der Waals surface area contributed by atoms with Crippen molar-refractivity contribution in [3.05, 3.63) is 167 Å². The second-order valence-corrected chi connectivity index (χ2v) is 17.9. The van der Waals surface area contributed by atoms with Crippen LogP contribution >= 0.6 is 0 Å². The number of hydrogen-bond donors (Lipinski definition) is 0. The molecule has 0 fully saturated rings. The standard InChI is InChI=1S/C56H59N7/c1-11-37-18-16-19-39-26-30-47(61-51(39)49(37)58-13-3)42-34-43(48-31-27-40-23-22-38-20-17-33-59-50(38)52(40)62-48)36-44(35-42)53(57-10)63-54(41-24-28-46(29-25-41)56(7,8)9)60-32-15-14-21-45(12-2)55(4,5)6/h12-14,16-18,20-31,33-36H,10-11,15,19,32H2,1-9H3/b21-14-,45-12+,58-13?,60-54?,63-53?. The van der Waals surface area contributed by atoms with E-state index in [-0.39, 0.29) is 10.8 Å². The molecule has 0 aliphatic heterocycles. The van der Waals surface area contributed by atoms with Crippen molar-refractivity contribution in [3.8, 4) is 22.5 Å². The summed E-state index contributed by atoms with van der Waals surface area (Å²) >= 11 is 0. The average Bonchev–Trinajstić information content (AvgIpc) is 3.46. The van der Waals surface area contributed by atoms with Crippen LogP contribution in [0.2, 0.25) is 0 Å². The molecular weight excluding hydrogens is 771 g/mol. The molecule has 0 unspecified atom stereocenters. The van der Waals surface area contributed by atoms with E-state index in [2.05, 4.69) is 182 Å². The molecule has 7 nitrogen and oxygen atoms in total. The quantitative estimate of drug-likeness (QED) is 0.0453. The molecule has 0 radical (unpaired) electrons. The first-order chi connectivity index (χ1) is 30.3. The molecule has 6 aromatic rings. The van der Waals surface area contributed by atoms with Crippen LogP contribution in [0.25, 0.3) is 50.0 Å². The van der Waals surface area contributed by atoms with Gasteiger partial charge in [0, 0.05) is 52.0 Å². The molecule has 7 rings (SSSR count). The Morgan fingerprint density at radius 1 is 0.778 bits per heavy atom. The number of benzene rings is 3. The lowest BCUT2D eigenvalue weighted by molar-refractivity contribution is 0.516. The van der Waals surface area contributed by atoms with Gasteiger partial charge in [0.2, 0.25) is 0 Å². The summed E-state index contributed by atoms with van der Waals surface area (Å²) in [5, 5.41) is 2.06. The second kappa shape index (κ2) is 19.1. The number of hydrogen-bond acceptors (Lipinski definition) is 5. The van der Waals surface area contributed by atoms with Crippen LogP contribution in [-0.4, -0.2) is 46.1 Å². The van der Waals surface area contributed by atoms with Gasteiger partial charge in [-0.05, 0) is 109 Å². The first-order valence-corrected chi connectivity index (χ1v) is 22.0. The van der Waals surface area contributed by atoms with Gasteiger partial charge in [-0.1, -0.05) is 133 Å². The number of nitrogens with zero attached hydrogens (tertiary/aromatic N) is 7. The zero-order valence-electron chi connectivity index (χ0n) is 38.4. The minimum absolute atomic E-state index is 0.00317. The molecule has 0 amide bonds. The van der Waals surface area contributed by atoms with Crippen molar-refractivity contribution in [2.75, 3.05) is 6.54 Å². The van der Waals surface area contributed by atoms with Gasteiger partial charge in [0.1, 0.15) is 0 Å². The largest absolute Gasteiger partial charge is 0.266 e. The Kier molecular flexibility index (Phi) is 13.5. The second-order valence-electron chi connectivity index (χ2n) is 17.9. The van der Waals surface area contributed by atoms with Gasteiger partial charge in [0.25, 0.3) is 0 Å². The maximum atomic E-state index is 5.36. The minimum Gasteiger partial charge on any atom is -0.266 e. The smallest absolute Gasteiger partial charge is 0.161 e. The van der Waals surface area contributed by atoms with Gasteiger partial charge in [0.15, 0.2) is 11.7 Å². The van der Waals surface area contributed by atoms with Crippen LogP contribution in [0.4, 0.5) is 0 Å². The van der Waals surface area contributed by atoms with E-state index in [4.69, 9.17) is 29.9 Å². The van der Waals surface area contributed by atoms with E-state index in [0.717, 1.165) is 97.2 Å². The number of rotatable bonds is 10. The van der Waals surface area contributed by atoms with Crippen LogP contribution in [-0.2, 0) is 11.8 Å². The van der Waals surface area contributed by atoms with Gasteiger partial charge >= 0.3 is 0 Å². The third kappa shape index (κ3) is 10.2. The highest BCUT2D eigenvalue weighted by atomic mass is 15.0. The Bertz CT molecular complexity index is 2890. The number of amidine groups is 2. The monoisotopic (exact) mass is 829 g/mol. The van der Waals surface area contributed by atoms with E-state index >= 15 is 0 Å².